The summed E-state index contributed by atoms with van der Waals surface area (Å²) < 4.78 is 0. The molecule has 2 nitrogen and oxygen atoms in total. The second kappa shape index (κ2) is 3.25. The van der Waals surface area contributed by atoms with Crippen LogP contribution >= 0.6 is 0 Å². The van der Waals surface area contributed by atoms with Crippen LogP contribution in [-0.2, 0) is 0 Å². The summed E-state index contributed by atoms with van der Waals surface area (Å²) in [6, 6.07) is 0. The molecule has 0 aromatic carbocycles. The van der Waals surface area contributed by atoms with E-state index in [1.807, 2.05) is 0 Å². The standard InChI is InChI=1S/C11H21NO/c1-8-5-11(13)4-2-3-9(6-11)10(8)7-12/h8-10,13H,2-7,12H2,1H3. The summed E-state index contributed by atoms with van der Waals surface area (Å²) in [5.41, 5.74) is 5.47. The van der Waals surface area contributed by atoms with E-state index >= 15 is 0 Å². The molecule has 2 saturated carbocycles. The lowest BCUT2D eigenvalue weighted by atomic mass is 9.60. The third-order valence-electron chi connectivity index (χ3n) is 4.17. The van der Waals surface area contributed by atoms with Gasteiger partial charge in [0.1, 0.15) is 0 Å². The third kappa shape index (κ3) is 1.62. The maximum absolute atomic E-state index is 10.2. The van der Waals surface area contributed by atoms with Gasteiger partial charge in [-0.3, -0.25) is 0 Å². The lowest BCUT2D eigenvalue weighted by Crippen LogP contribution is -2.48. The highest BCUT2D eigenvalue weighted by molar-refractivity contribution is 4.96. The fourth-order valence-corrected chi connectivity index (χ4v) is 3.58. The molecule has 13 heavy (non-hydrogen) atoms. The van der Waals surface area contributed by atoms with Gasteiger partial charge in [0, 0.05) is 0 Å². The number of nitrogens with two attached hydrogens (primary N) is 1. The van der Waals surface area contributed by atoms with Crippen molar-refractivity contribution in [3.63, 3.8) is 0 Å². The lowest BCUT2D eigenvalue weighted by Gasteiger charge is -2.48. The minimum Gasteiger partial charge on any atom is -0.390 e. The molecule has 4 atom stereocenters. The molecule has 4 unspecified atom stereocenters. The van der Waals surface area contributed by atoms with Crippen LogP contribution in [0.4, 0.5) is 0 Å². The SMILES string of the molecule is CC1CC2(O)CCCC(C2)C1CN. The highest BCUT2D eigenvalue weighted by Crippen LogP contribution is 2.47. The molecule has 0 aliphatic heterocycles. The quantitative estimate of drug-likeness (QED) is 0.647. The van der Waals surface area contributed by atoms with Crippen molar-refractivity contribution in [1.82, 2.24) is 0 Å². The maximum atomic E-state index is 10.2. The predicted octanol–water partition coefficient (Wildman–Crippen LogP) is 1.52. The van der Waals surface area contributed by atoms with E-state index in [2.05, 4.69) is 6.92 Å². The Bertz CT molecular complexity index is 191. The van der Waals surface area contributed by atoms with Gasteiger partial charge >= 0.3 is 0 Å². The number of hydrogen-bond donors (Lipinski definition) is 2. The normalized spacial score (nSPS) is 50.5. The summed E-state index contributed by atoms with van der Waals surface area (Å²) in [6.45, 7) is 3.06. The van der Waals surface area contributed by atoms with Crippen LogP contribution in [0.3, 0.4) is 0 Å². The van der Waals surface area contributed by atoms with E-state index in [0.29, 0.717) is 17.8 Å². The predicted molar refractivity (Wildman–Crippen MR) is 53.2 cm³/mol. The van der Waals surface area contributed by atoms with E-state index in [4.69, 9.17) is 5.73 Å². The van der Waals surface area contributed by atoms with Crippen LogP contribution in [0.2, 0.25) is 0 Å². The zero-order chi connectivity index (χ0) is 9.47. The van der Waals surface area contributed by atoms with E-state index in [1.54, 1.807) is 0 Å². The molecule has 0 radical (unpaired) electrons. The van der Waals surface area contributed by atoms with Crippen molar-refractivity contribution in [3.8, 4) is 0 Å². The monoisotopic (exact) mass is 183 g/mol. The van der Waals surface area contributed by atoms with E-state index in [1.165, 1.54) is 12.8 Å². The minimum absolute atomic E-state index is 0.325. The van der Waals surface area contributed by atoms with Gasteiger partial charge in [0.05, 0.1) is 5.60 Å². The first-order chi connectivity index (χ1) is 6.14. The van der Waals surface area contributed by atoms with Gasteiger partial charge in [-0.05, 0) is 50.0 Å². The Hall–Kier alpha value is -0.0800. The highest BCUT2D eigenvalue weighted by atomic mass is 16.3. The second-order valence-electron chi connectivity index (χ2n) is 5.16. The molecule has 76 valence electrons. The Morgan fingerprint density at radius 1 is 1.46 bits per heavy atom. The summed E-state index contributed by atoms with van der Waals surface area (Å²) >= 11 is 0. The molecule has 2 heteroatoms. The molecule has 0 aromatic rings. The van der Waals surface area contributed by atoms with Gasteiger partial charge in [-0.1, -0.05) is 13.3 Å². The summed E-state index contributed by atoms with van der Waals surface area (Å²) in [6.07, 6.45) is 5.49. The molecule has 2 bridgehead atoms. The van der Waals surface area contributed by atoms with E-state index in [0.717, 1.165) is 25.8 Å². The van der Waals surface area contributed by atoms with Crippen molar-refractivity contribution in [2.45, 2.75) is 44.6 Å². The van der Waals surface area contributed by atoms with Gasteiger partial charge < -0.3 is 10.8 Å². The van der Waals surface area contributed by atoms with Crippen LogP contribution in [-0.4, -0.2) is 17.3 Å². The van der Waals surface area contributed by atoms with Gasteiger partial charge in [-0.25, -0.2) is 0 Å². The molecule has 0 spiro atoms. The first-order valence-corrected chi connectivity index (χ1v) is 5.57. The number of hydrogen-bond acceptors (Lipinski definition) is 2. The molecule has 0 saturated heterocycles. The highest BCUT2D eigenvalue weighted by Gasteiger charge is 2.44. The average molecular weight is 183 g/mol. The fourth-order valence-electron chi connectivity index (χ4n) is 3.58. The van der Waals surface area contributed by atoms with Gasteiger partial charge in [0.2, 0.25) is 0 Å². The van der Waals surface area contributed by atoms with Crippen LogP contribution < -0.4 is 5.73 Å². The topological polar surface area (TPSA) is 46.2 Å². The molecule has 2 fully saturated rings. The molecule has 0 amide bonds. The number of rotatable bonds is 1. The Morgan fingerprint density at radius 3 is 2.92 bits per heavy atom. The summed E-state index contributed by atoms with van der Waals surface area (Å²) in [5, 5.41) is 10.2. The molecular weight excluding hydrogens is 162 g/mol. The van der Waals surface area contributed by atoms with Crippen LogP contribution in [0.1, 0.15) is 39.0 Å². The van der Waals surface area contributed by atoms with Crippen molar-refractivity contribution in [3.05, 3.63) is 0 Å². The summed E-state index contributed by atoms with van der Waals surface area (Å²) in [4.78, 5) is 0. The average Bonchev–Trinajstić information content (AvgIpc) is 2.02. The Morgan fingerprint density at radius 2 is 2.23 bits per heavy atom. The van der Waals surface area contributed by atoms with Crippen molar-refractivity contribution in [1.29, 1.82) is 0 Å². The van der Waals surface area contributed by atoms with Crippen molar-refractivity contribution in [2.24, 2.45) is 23.5 Å². The molecule has 0 heterocycles. The summed E-state index contributed by atoms with van der Waals surface area (Å²) in [5.74, 6) is 1.99. The van der Waals surface area contributed by atoms with Gasteiger partial charge in [-0.15, -0.1) is 0 Å². The zero-order valence-electron chi connectivity index (χ0n) is 8.50. The van der Waals surface area contributed by atoms with Crippen molar-refractivity contribution in [2.75, 3.05) is 6.54 Å². The molecule has 2 aliphatic carbocycles. The second-order valence-corrected chi connectivity index (χ2v) is 5.16. The van der Waals surface area contributed by atoms with Crippen LogP contribution in [0.25, 0.3) is 0 Å². The van der Waals surface area contributed by atoms with Gasteiger partial charge in [0.15, 0.2) is 0 Å². The van der Waals surface area contributed by atoms with Crippen LogP contribution in [0, 0.1) is 17.8 Å². The number of fused-ring (bicyclic) bond motifs is 2. The van der Waals surface area contributed by atoms with Crippen LogP contribution in [0.15, 0.2) is 0 Å². The first-order valence-electron chi connectivity index (χ1n) is 5.57. The maximum Gasteiger partial charge on any atom is 0.0653 e. The van der Waals surface area contributed by atoms with E-state index in [-0.39, 0.29) is 5.60 Å². The Balaban J connectivity index is 2.13. The van der Waals surface area contributed by atoms with E-state index < -0.39 is 0 Å². The molecule has 3 N–H and O–H groups in total. The largest absolute Gasteiger partial charge is 0.390 e. The van der Waals surface area contributed by atoms with Crippen LogP contribution in [0.5, 0.6) is 0 Å². The van der Waals surface area contributed by atoms with Crippen molar-refractivity contribution < 1.29 is 5.11 Å². The van der Waals surface area contributed by atoms with Gasteiger partial charge in [0.25, 0.3) is 0 Å². The minimum atomic E-state index is -0.325. The van der Waals surface area contributed by atoms with Gasteiger partial charge in [-0.2, -0.15) is 0 Å². The third-order valence-corrected chi connectivity index (χ3v) is 4.17. The Labute approximate surface area is 80.5 Å². The molecule has 0 aromatic heterocycles. The summed E-state index contributed by atoms with van der Waals surface area (Å²) in [7, 11) is 0. The van der Waals surface area contributed by atoms with Crippen molar-refractivity contribution >= 4 is 0 Å². The molecule has 2 rings (SSSR count). The van der Waals surface area contributed by atoms with E-state index in [9.17, 15) is 5.11 Å². The first kappa shape index (κ1) is 9.47. The lowest BCUT2D eigenvalue weighted by molar-refractivity contribution is -0.0870. The Kier molecular flexibility index (Phi) is 2.37. The smallest absolute Gasteiger partial charge is 0.0653 e. The molecular formula is C11H21NO. The number of aliphatic hydroxyl groups is 1. The molecule has 2 aliphatic rings. The fraction of sp³-hybridized carbons (Fsp3) is 1.00. The zero-order valence-corrected chi connectivity index (χ0v) is 8.50.